The van der Waals surface area contributed by atoms with E-state index in [0.717, 1.165) is 59.2 Å². The zero-order chi connectivity index (χ0) is 25.7. The number of nitrogens with zero attached hydrogens (tertiary/aromatic N) is 3. The largest absolute Gasteiger partial charge is 0.325 e. The van der Waals surface area contributed by atoms with Crippen LogP contribution in [0.25, 0.3) is 22.4 Å². The normalized spacial score (nSPS) is 18.9. The second kappa shape index (κ2) is 10.9. The molecule has 1 saturated carbocycles. The minimum absolute atomic E-state index is 0.128. The number of nitrogens with two attached hydrogens (primary N) is 1. The van der Waals surface area contributed by atoms with Crippen molar-refractivity contribution in [2.24, 2.45) is 10.7 Å². The first-order valence-corrected chi connectivity index (χ1v) is 12.6. The third-order valence-electron chi connectivity index (χ3n) is 6.99. The van der Waals surface area contributed by atoms with E-state index in [1.54, 1.807) is 11.0 Å². The number of terminal acetylenes is 1. The van der Waals surface area contributed by atoms with Crippen LogP contribution in [0.15, 0.2) is 66.3 Å². The Balaban J connectivity index is 1.74. The molecular weight excluding hydrogens is 442 g/mol. The quantitative estimate of drug-likeness (QED) is 0.209. The number of aromatic nitrogens is 1. The van der Waals surface area contributed by atoms with E-state index in [4.69, 9.17) is 22.6 Å². The van der Waals surface area contributed by atoms with Gasteiger partial charge in [0.15, 0.2) is 0 Å². The standard InChI is InChI=1S/C31H35N5/c1-5-23(21-36(4)6-2)24-11-10-12-25(18-24)29-14-13-27(26-17-22(3)34-20-26)30(35-29)28(32)19-31(33)15-8-7-9-16-31/h2,5,10-14,17-18,20-22,32H,1,7-9,15-16,19,33H2,3-4H3/b23-21+,32-28?. The predicted molar refractivity (Wildman–Crippen MR) is 152 cm³/mol. The molecule has 1 aliphatic heterocycles. The monoisotopic (exact) mass is 477 g/mol. The summed E-state index contributed by atoms with van der Waals surface area (Å²) >= 11 is 0. The van der Waals surface area contributed by atoms with E-state index in [2.05, 4.69) is 42.7 Å². The van der Waals surface area contributed by atoms with Gasteiger partial charge in [-0.2, -0.15) is 0 Å². The molecule has 1 aromatic heterocycles. The van der Waals surface area contributed by atoms with Gasteiger partial charge >= 0.3 is 0 Å². The van der Waals surface area contributed by atoms with Crippen molar-refractivity contribution in [3.63, 3.8) is 0 Å². The van der Waals surface area contributed by atoms with E-state index >= 15 is 0 Å². The van der Waals surface area contributed by atoms with E-state index in [1.165, 1.54) is 6.42 Å². The Morgan fingerprint density at radius 1 is 1.28 bits per heavy atom. The third-order valence-corrected chi connectivity index (χ3v) is 6.99. The van der Waals surface area contributed by atoms with Crippen LogP contribution < -0.4 is 5.73 Å². The third kappa shape index (κ3) is 5.72. The van der Waals surface area contributed by atoms with Crippen molar-refractivity contribution in [2.45, 2.75) is 57.0 Å². The highest BCUT2D eigenvalue weighted by molar-refractivity contribution is 6.16. The number of hydrogen-bond acceptors (Lipinski definition) is 5. The van der Waals surface area contributed by atoms with Gasteiger partial charge in [0.1, 0.15) is 0 Å². The molecule has 0 radical (unpaired) electrons. The molecule has 0 amide bonds. The molecule has 5 heteroatoms. The summed E-state index contributed by atoms with van der Waals surface area (Å²) in [7, 11) is 1.82. The van der Waals surface area contributed by atoms with Gasteiger partial charge in [-0.15, -0.1) is 0 Å². The topological polar surface area (TPSA) is 78.4 Å². The molecule has 1 aromatic carbocycles. The molecular formula is C31H35N5. The summed E-state index contributed by atoms with van der Waals surface area (Å²) in [6.45, 7) is 6.01. The van der Waals surface area contributed by atoms with Gasteiger partial charge in [0.2, 0.25) is 0 Å². The van der Waals surface area contributed by atoms with Crippen LogP contribution in [0.2, 0.25) is 0 Å². The number of rotatable bonds is 8. The second-order valence-electron chi connectivity index (χ2n) is 9.92. The SMILES string of the molecule is C#CN(C)/C=C(\C=C)c1cccc(-c2ccc(C3=CC(C)N=C3)c(C(=N)CC3(N)CCCCC3)n2)c1. The number of pyridine rings is 1. The van der Waals surface area contributed by atoms with Crippen molar-refractivity contribution >= 4 is 23.1 Å². The summed E-state index contributed by atoms with van der Waals surface area (Å²) < 4.78 is 0. The average molecular weight is 478 g/mol. The number of aliphatic imine (C=N–C) groups is 1. The zero-order valence-corrected chi connectivity index (χ0v) is 21.3. The van der Waals surface area contributed by atoms with Gasteiger partial charge in [0.25, 0.3) is 0 Å². The first-order chi connectivity index (χ1) is 17.3. The predicted octanol–water partition coefficient (Wildman–Crippen LogP) is 6.07. The van der Waals surface area contributed by atoms with Crippen molar-refractivity contribution < 1.29 is 0 Å². The van der Waals surface area contributed by atoms with Crippen LogP contribution in [0.5, 0.6) is 0 Å². The summed E-state index contributed by atoms with van der Waals surface area (Å²) in [5.41, 5.74) is 13.2. The van der Waals surface area contributed by atoms with Crippen molar-refractivity contribution in [3.8, 4) is 23.7 Å². The Labute approximate surface area is 215 Å². The van der Waals surface area contributed by atoms with Crippen LogP contribution >= 0.6 is 0 Å². The van der Waals surface area contributed by atoms with Gasteiger partial charge in [0, 0.05) is 48.6 Å². The van der Waals surface area contributed by atoms with Crippen LogP contribution in [0.3, 0.4) is 0 Å². The highest BCUT2D eigenvalue weighted by atomic mass is 15.0. The molecule has 3 N–H and O–H groups in total. The van der Waals surface area contributed by atoms with E-state index in [-0.39, 0.29) is 11.6 Å². The molecule has 2 aromatic rings. The van der Waals surface area contributed by atoms with Crippen LogP contribution in [0, 0.1) is 17.9 Å². The van der Waals surface area contributed by atoms with Crippen LogP contribution in [-0.2, 0) is 0 Å². The van der Waals surface area contributed by atoms with Gasteiger partial charge in [-0.1, -0.05) is 62.6 Å². The maximum atomic E-state index is 9.08. The molecule has 5 nitrogen and oxygen atoms in total. The molecule has 0 spiro atoms. The first-order valence-electron chi connectivity index (χ1n) is 12.6. The maximum Gasteiger partial charge on any atom is 0.0924 e. The lowest BCUT2D eigenvalue weighted by Gasteiger charge is -2.33. The van der Waals surface area contributed by atoms with Crippen LogP contribution in [-0.4, -0.2) is 40.4 Å². The molecule has 1 unspecified atom stereocenters. The van der Waals surface area contributed by atoms with Gasteiger partial charge < -0.3 is 16.0 Å². The minimum Gasteiger partial charge on any atom is -0.325 e. The van der Waals surface area contributed by atoms with Crippen molar-refractivity contribution in [1.29, 1.82) is 5.41 Å². The highest BCUT2D eigenvalue weighted by Gasteiger charge is 2.30. The summed E-state index contributed by atoms with van der Waals surface area (Å²) in [5, 5.41) is 9.08. The Morgan fingerprint density at radius 2 is 2.06 bits per heavy atom. The van der Waals surface area contributed by atoms with Gasteiger partial charge in [-0.3, -0.25) is 4.99 Å². The first kappa shape index (κ1) is 25.3. The summed E-state index contributed by atoms with van der Waals surface area (Å²) in [5.74, 6) is 0. The lowest BCUT2D eigenvalue weighted by Crippen LogP contribution is -2.43. The van der Waals surface area contributed by atoms with E-state index in [0.29, 0.717) is 17.8 Å². The number of hydrogen-bond donors (Lipinski definition) is 2. The van der Waals surface area contributed by atoms with Crippen LogP contribution in [0.1, 0.15) is 62.3 Å². The number of nitrogens with one attached hydrogen (secondary N) is 1. The fraction of sp³-hybridized carbons (Fsp3) is 0.323. The van der Waals surface area contributed by atoms with Crippen molar-refractivity contribution in [1.82, 2.24) is 9.88 Å². The fourth-order valence-electron chi connectivity index (χ4n) is 5.00. The molecule has 1 aliphatic carbocycles. The molecule has 1 fully saturated rings. The Kier molecular flexibility index (Phi) is 7.67. The minimum atomic E-state index is -0.331. The molecule has 2 aliphatic rings. The molecule has 0 saturated heterocycles. The summed E-state index contributed by atoms with van der Waals surface area (Å²) in [6, 6.07) is 14.9. The zero-order valence-electron chi connectivity index (χ0n) is 21.3. The Hall–Kier alpha value is -3.75. The molecule has 0 bridgehead atoms. The van der Waals surface area contributed by atoms with Crippen LogP contribution in [0.4, 0.5) is 0 Å². The molecule has 1 atom stereocenters. The average Bonchev–Trinajstić information content (AvgIpc) is 3.33. The lowest BCUT2D eigenvalue weighted by atomic mass is 9.78. The smallest absolute Gasteiger partial charge is 0.0924 e. The molecule has 2 heterocycles. The highest BCUT2D eigenvalue weighted by Crippen LogP contribution is 2.32. The Bertz CT molecular complexity index is 1280. The van der Waals surface area contributed by atoms with E-state index in [1.807, 2.05) is 43.7 Å². The van der Waals surface area contributed by atoms with E-state index < -0.39 is 0 Å². The number of benzene rings is 1. The van der Waals surface area contributed by atoms with E-state index in [9.17, 15) is 0 Å². The molecule has 184 valence electrons. The Morgan fingerprint density at radius 3 is 2.72 bits per heavy atom. The van der Waals surface area contributed by atoms with Crippen molar-refractivity contribution in [3.05, 3.63) is 78.1 Å². The van der Waals surface area contributed by atoms with Gasteiger partial charge in [-0.25, -0.2) is 4.98 Å². The maximum absolute atomic E-state index is 9.08. The summed E-state index contributed by atoms with van der Waals surface area (Å²) in [4.78, 5) is 11.2. The molecule has 36 heavy (non-hydrogen) atoms. The second-order valence-corrected chi connectivity index (χ2v) is 9.92. The lowest BCUT2D eigenvalue weighted by molar-refractivity contribution is 0.305. The van der Waals surface area contributed by atoms with Crippen molar-refractivity contribution in [2.75, 3.05) is 7.05 Å². The fourth-order valence-corrected chi connectivity index (χ4v) is 5.00. The summed E-state index contributed by atoms with van der Waals surface area (Å²) in [6.07, 6.45) is 19.1. The molecule has 4 rings (SSSR count). The van der Waals surface area contributed by atoms with Gasteiger partial charge in [-0.05, 0) is 54.7 Å². The number of allylic oxidation sites excluding steroid dienone is 3. The van der Waals surface area contributed by atoms with Gasteiger partial charge in [0.05, 0.1) is 23.1 Å².